The first kappa shape index (κ1) is 23.6. The van der Waals surface area contributed by atoms with E-state index in [2.05, 4.69) is 15.0 Å². The molecular weight excluding hydrogens is 461 g/mol. The molecule has 0 bridgehead atoms. The van der Waals surface area contributed by atoms with Crippen LogP contribution in [-0.4, -0.2) is 36.5 Å². The molecule has 2 heterocycles. The molecule has 1 aliphatic carbocycles. The third-order valence-corrected chi connectivity index (χ3v) is 6.35. The second-order valence-electron chi connectivity index (χ2n) is 7.94. The van der Waals surface area contributed by atoms with Crippen LogP contribution in [0.2, 0.25) is 10.0 Å². The minimum Gasteiger partial charge on any atom is -0.465 e. The molecule has 8 heteroatoms. The first-order valence-corrected chi connectivity index (χ1v) is 11.9. The molecule has 2 aliphatic rings. The van der Waals surface area contributed by atoms with Gasteiger partial charge in [0.25, 0.3) is 0 Å². The Hall–Kier alpha value is -2.54. The summed E-state index contributed by atoms with van der Waals surface area (Å²) in [6.45, 7) is 6.16. The molecule has 1 saturated heterocycles. The number of carbonyl (C=O) groups excluding carboxylic acids is 1. The molecule has 0 atom stereocenters. The maximum atomic E-state index is 11.8. The quantitative estimate of drug-likeness (QED) is 0.366. The van der Waals surface area contributed by atoms with E-state index in [4.69, 9.17) is 32.5 Å². The Balaban J connectivity index is 0.00000126. The summed E-state index contributed by atoms with van der Waals surface area (Å²) in [5.41, 5.74) is 4.04. The van der Waals surface area contributed by atoms with Crippen molar-refractivity contribution in [2.75, 3.05) is 25.3 Å². The van der Waals surface area contributed by atoms with Gasteiger partial charge < -0.3 is 14.2 Å². The van der Waals surface area contributed by atoms with Crippen molar-refractivity contribution in [1.82, 2.24) is 10.1 Å². The summed E-state index contributed by atoms with van der Waals surface area (Å²) < 4.78 is 10.6. The number of rotatable bonds is 6. The van der Waals surface area contributed by atoms with Crippen LogP contribution in [0.5, 0.6) is 0 Å². The SMILES string of the molecule is CC.COC(=O)c1cccc(N2CN(Cc3c(-c4c(Cl)cccc4Cl)noc3C3CC3)C2)c1. The minimum absolute atomic E-state index is 0.334. The summed E-state index contributed by atoms with van der Waals surface area (Å²) in [5.74, 6) is 1.03. The maximum Gasteiger partial charge on any atom is 0.337 e. The summed E-state index contributed by atoms with van der Waals surface area (Å²) in [4.78, 5) is 16.3. The lowest BCUT2D eigenvalue weighted by molar-refractivity contribution is 0.0600. The highest BCUT2D eigenvalue weighted by Crippen LogP contribution is 2.46. The normalized spacial score (nSPS) is 15.5. The summed E-state index contributed by atoms with van der Waals surface area (Å²) >= 11 is 12.9. The molecule has 0 unspecified atom stereocenters. The van der Waals surface area contributed by atoms with E-state index in [0.717, 1.165) is 54.4 Å². The van der Waals surface area contributed by atoms with Crippen LogP contribution in [0.4, 0.5) is 5.69 Å². The largest absolute Gasteiger partial charge is 0.465 e. The Morgan fingerprint density at radius 3 is 2.42 bits per heavy atom. The molecule has 0 spiro atoms. The van der Waals surface area contributed by atoms with Crippen LogP contribution in [0.1, 0.15) is 54.3 Å². The highest BCUT2D eigenvalue weighted by atomic mass is 35.5. The van der Waals surface area contributed by atoms with E-state index in [9.17, 15) is 4.79 Å². The number of carbonyl (C=O) groups is 1. The zero-order chi connectivity index (χ0) is 23.5. The van der Waals surface area contributed by atoms with Crippen molar-refractivity contribution in [3.05, 3.63) is 69.4 Å². The van der Waals surface area contributed by atoms with Gasteiger partial charge in [0, 0.05) is 29.3 Å². The molecule has 0 N–H and O–H groups in total. The van der Waals surface area contributed by atoms with Crippen molar-refractivity contribution < 1.29 is 14.1 Å². The van der Waals surface area contributed by atoms with Gasteiger partial charge in [-0.25, -0.2) is 4.79 Å². The molecule has 0 radical (unpaired) electrons. The number of halogens is 2. The second-order valence-corrected chi connectivity index (χ2v) is 8.75. The molecule has 0 amide bonds. The average molecular weight is 488 g/mol. The molecule has 2 aromatic carbocycles. The lowest BCUT2D eigenvalue weighted by atomic mass is 10.0. The number of esters is 1. The van der Waals surface area contributed by atoms with E-state index in [0.29, 0.717) is 28.1 Å². The van der Waals surface area contributed by atoms with Gasteiger partial charge in [-0.2, -0.15) is 0 Å². The fourth-order valence-corrected chi connectivity index (χ4v) is 4.51. The van der Waals surface area contributed by atoms with E-state index in [1.54, 1.807) is 6.07 Å². The van der Waals surface area contributed by atoms with Crippen LogP contribution < -0.4 is 4.90 Å². The van der Waals surface area contributed by atoms with Gasteiger partial charge in [-0.05, 0) is 43.2 Å². The monoisotopic (exact) mass is 487 g/mol. The van der Waals surface area contributed by atoms with Crippen molar-refractivity contribution in [3.63, 3.8) is 0 Å². The van der Waals surface area contributed by atoms with Gasteiger partial charge in [0.05, 0.1) is 36.1 Å². The van der Waals surface area contributed by atoms with Crippen LogP contribution in [-0.2, 0) is 11.3 Å². The number of aromatic nitrogens is 1. The van der Waals surface area contributed by atoms with Gasteiger partial charge in [0.15, 0.2) is 0 Å². The van der Waals surface area contributed by atoms with Gasteiger partial charge in [0.2, 0.25) is 0 Å². The number of nitrogens with zero attached hydrogens (tertiary/aromatic N) is 3. The zero-order valence-electron chi connectivity index (χ0n) is 19.0. The third kappa shape index (κ3) is 4.88. The van der Waals surface area contributed by atoms with Crippen molar-refractivity contribution in [3.8, 4) is 11.3 Å². The molecule has 2 fully saturated rings. The maximum absolute atomic E-state index is 11.8. The van der Waals surface area contributed by atoms with Gasteiger partial charge in [-0.15, -0.1) is 0 Å². The van der Waals surface area contributed by atoms with Crippen molar-refractivity contribution in [1.29, 1.82) is 0 Å². The molecule has 6 nitrogen and oxygen atoms in total. The molecule has 5 rings (SSSR count). The van der Waals surface area contributed by atoms with Gasteiger partial charge in [0.1, 0.15) is 11.5 Å². The number of methoxy groups -OCH3 is 1. The third-order valence-electron chi connectivity index (χ3n) is 5.72. The van der Waals surface area contributed by atoms with Crippen LogP contribution in [0.15, 0.2) is 47.0 Å². The summed E-state index contributed by atoms with van der Waals surface area (Å²) in [7, 11) is 1.39. The van der Waals surface area contributed by atoms with Crippen molar-refractivity contribution in [2.24, 2.45) is 0 Å². The minimum atomic E-state index is -0.334. The lowest BCUT2D eigenvalue weighted by Gasteiger charge is -2.44. The number of hydrogen-bond acceptors (Lipinski definition) is 6. The predicted octanol–water partition coefficient (Wildman–Crippen LogP) is 6.58. The number of ether oxygens (including phenoxy) is 1. The van der Waals surface area contributed by atoms with E-state index in [1.165, 1.54) is 7.11 Å². The van der Waals surface area contributed by atoms with Crippen LogP contribution in [0, 0.1) is 0 Å². The van der Waals surface area contributed by atoms with Gasteiger partial charge >= 0.3 is 5.97 Å². The number of hydrogen-bond donors (Lipinski definition) is 0. The Bertz CT molecular complexity index is 1120. The molecular formula is C25H27Cl2N3O3. The number of benzene rings is 2. The Kier molecular flexibility index (Phi) is 7.27. The van der Waals surface area contributed by atoms with Crippen LogP contribution in [0.25, 0.3) is 11.3 Å². The first-order valence-electron chi connectivity index (χ1n) is 11.1. The smallest absolute Gasteiger partial charge is 0.337 e. The highest BCUT2D eigenvalue weighted by Gasteiger charge is 2.35. The average Bonchev–Trinajstić information content (AvgIpc) is 3.57. The molecule has 33 heavy (non-hydrogen) atoms. The fraction of sp³-hybridized carbons (Fsp3) is 0.360. The number of anilines is 1. The second kappa shape index (κ2) is 10.2. The standard InChI is InChI=1S/C23H21Cl2N3O3.C2H6/c1-30-23(29)15-4-2-5-16(10-15)28-12-27(13-28)11-17-21(26-31-22(17)14-8-9-14)20-18(24)6-3-7-19(20)25;1-2/h2-7,10,14H,8-9,11-13H2,1H3;1-2H3. The lowest BCUT2D eigenvalue weighted by Crippen LogP contribution is -2.54. The molecule has 1 saturated carbocycles. The van der Waals surface area contributed by atoms with Gasteiger partial charge in [-0.3, -0.25) is 4.90 Å². The summed E-state index contributed by atoms with van der Waals surface area (Å²) in [6, 6.07) is 12.9. The molecule has 174 valence electrons. The van der Waals surface area contributed by atoms with Crippen LogP contribution >= 0.6 is 23.2 Å². The van der Waals surface area contributed by atoms with E-state index >= 15 is 0 Å². The topological polar surface area (TPSA) is 58.8 Å². The van der Waals surface area contributed by atoms with E-state index < -0.39 is 0 Å². The fourth-order valence-electron chi connectivity index (χ4n) is 3.94. The highest BCUT2D eigenvalue weighted by molar-refractivity contribution is 6.39. The summed E-state index contributed by atoms with van der Waals surface area (Å²) in [5, 5.41) is 5.49. The Morgan fingerprint density at radius 1 is 1.12 bits per heavy atom. The van der Waals surface area contributed by atoms with Crippen molar-refractivity contribution in [2.45, 2.75) is 39.2 Å². The van der Waals surface area contributed by atoms with Gasteiger partial charge in [-0.1, -0.05) is 54.3 Å². The van der Waals surface area contributed by atoms with Crippen molar-refractivity contribution >= 4 is 34.9 Å². The van der Waals surface area contributed by atoms with E-state index in [-0.39, 0.29) is 5.97 Å². The summed E-state index contributed by atoms with van der Waals surface area (Å²) in [6.07, 6.45) is 2.23. The Morgan fingerprint density at radius 2 is 1.79 bits per heavy atom. The zero-order valence-corrected chi connectivity index (χ0v) is 20.5. The van der Waals surface area contributed by atoms with Crippen LogP contribution in [0.3, 0.4) is 0 Å². The molecule has 1 aliphatic heterocycles. The first-order chi connectivity index (χ1) is 16.0. The van der Waals surface area contributed by atoms with E-state index in [1.807, 2.05) is 50.2 Å². The molecule has 1 aromatic heterocycles. The Labute approximate surface area is 204 Å². The predicted molar refractivity (Wildman–Crippen MR) is 131 cm³/mol. The molecule has 3 aromatic rings.